The van der Waals surface area contributed by atoms with Gasteiger partial charge in [0, 0.05) is 0 Å². The predicted molar refractivity (Wildman–Crippen MR) is 61.8 cm³/mol. The summed E-state index contributed by atoms with van der Waals surface area (Å²) < 4.78 is 0. The van der Waals surface area contributed by atoms with Crippen LogP contribution in [0.15, 0.2) is 11.6 Å². The summed E-state index contributed by atoms with van der Waals surface area (Å²) in [6, 6.07) is 0. The second kappa shape index (κ2) is 6.23. The van der Waals surface area contributed by atoms with Gasteiger partial charge in [0.15, 0.2) is 0 Å². The number of allylic oxidation sites excluding steroid dienone is 2. The summed E-state index contributed by atoms with van der Waals surface area (Å²) >= 11 is 0. The average Bonchev–Trinajstić information content (AvgIpc) is 2.02. The Bertz CT molecular complexity index is 151. The molecule has 0 radical (unpaired) electrons. The Kier molecular flexibility index (Phi) is 6.11. The third-order valence-electron chi connectivity index (χ3n) is 3.07. The van der Waals surface area contributed by atoms with Crippen LogP contribution in [0, 0.1) is 17.8 Å². The van der Waals surface area contributed by atoms with Gasteiger partial charge in [-0.1, -0.05) is 52.2 Å². The van der Waals surface area contributed by atoms with Gasteiger partial charge in [-0.15, -0.1) is 0 Å². The van der Waals surface area contributed by atoms with Crippen molar-refractivity contribution in [2.75, 3.05) is 0 Å². The normalized spacial score (nSPS) is 17.7. The van der Waals surface area contributed by atoms with Gasteiger partial charge in [0.1, 0.15) is 0 Å². The Morgan fingerprint density at radius 1 is 1.15 bits per heavy atom. The molecule has 0 amide bonds. The zero-order valence-electron chi connectivity index (χ0n) is 10.2. The smallest absolute Gasteiger partial charge is 0.0231 e. The van der Waals surface area contributed by atoms with Crippen molar-refractivity contribution in [3.05, 3.63) is 11.6 Å². The lowest BCUT2D eigenvalue weighted by Gasteiger charge is -2.24. The van der Waals surface area contributed by atoms with Crippen LogP contribution in [0.5, 0.6) is 0 Å². The van der Waals surface area contributed by atoms with Crippen molar-refractivity contribution >= 4 is 0 Å². The van der Waals surface area contributed by atoms with Crippen LogP contribution in [0.3, 0.4) is 0 Å². The number of hydrogen-bond acceptors (Lipinski definition) is 0. The minimum atomic E-state index is 0.728. The van der Waals surface area contributed by atoms with E-state index in [9.17, 15) is 0 Å². The highest BCUT2D eigenvalue weighted by Gasteiger charge is 2.16. The monoisotopic (exact) mass is 182 g/mol. The van der Waals surface area contributed by atoms with E-state index in [0.29, 0.717) is 0 Å². The molecular formula is C13H26. The molecule has 0 fully saturated rings. The molecule has 0 aliphatic carbocycles. The van der Waals surface area contributed by atoms with E-state index in [-0.39, 0.29) is 0 Å². The lowest BCUT2D eigenvalue weighted by atomic mass is 9.82. The fourth-order valence-corrected chi connectivity index (χ4v) is 1.91. The molecule has 0 spiro atoms. The van der Waals surface area contributed by atoms with E-state index in [4.69, 9.17) is 0 Å². The van der Waals surface area contributed by atoms with Crippen LogP contribution in [0.4, 0.5) is 0 Å². The molecule has 0 heteroatoms. The maximum absolute atomic E-state index is 2.40. The largest absolute Gasteiger partial charge is 0.0828 e. The standard InChI is InChI=1S/C13H26/c1-7-8-11(4)13(6)12(5)9-10(2)3/h9,11-13H,7-8H2,1-6H3. The minimum Gasteiger partial charge on any atom is -0.0828 e. The highest BCUT2D eigenvalue weighted by molar-refractivity contribution is 4.97. The summed E-state index contributed by atoms with van der Waals surface area (Å²) in [5, 5.41) is 0. The van der Waals surface area contributed by atoms with Crippen molar-refractivity contribution in [2.24, 2.45) is 17.8 Å². The molecule has 0 aliphatic rings. The van der Waals surface area contributed by atoms with Gasteiger partial charge >= 0.3 is 0 Å². The summed E-state index contributed by atoms with van der Waals surface area (Å²) in [6.07, 6.45) is 5.08. The van der Waals surface area contributed by atoms with Crippen LogP contribution >= 0.6 is 0 Å². The molecule has 0 saturated carbocycles. The molecule has 0 N–H and O–H groups in total. The predicted octanol–water partition coefficient (Wildman–Crippen LogP) is 4.66. The van der Waals surface area contributed by atoms with Crippen LogP contribution in [0.25, 0.3) is 0 Å². The summed E-state index contributed by atoms with van der Waals surface area (Å²) in [5.74, 6) is 2.40. The van der Waals surface area contributed by atoms with Gasteiger partial charge < -0.3 is 0 Å². The molecule has 0 rings (SSSR count). The van der Waals surface area contributed by atoms with Gasteiger partial charge in [0.2, 0.25) is 0 Å². The molecule has 0 bridgehead atoms. The van der Waals surface area contributed by atoms with Gasteiger partial charge in [-0.2, -0.15) is 0 Å². The molecule has 3 unspecified atom stereocenters. The highest BCUT2D eigenvalue weighted by atomic mass is 14.2. The molecule has 0 heterocycles. The fraction of sp³-hybridized carbons (Fsp3) is 0.846. The second-order valence-electron chi connectivity index (χ2n) is 4.73. The summed E-state index contributed by atoms with van der Waals surface area (Å²) in [5.41, 5.74) is 1.45. The Hall–Kier alpha value is -0.260. The average molecular weight is 182 g/mol. The summed E-state index contributed by atoms with van der Waals surface area (Å²) in [7, 11) is 0. The molecule has 78 valence electrons. The van der Waals surface area contributed by atoms with Crippen LogP contribution in [-0.2, 0) is 0 Å². The Morgan fingerprint density at radius 3 is 2.08 bits per heavy atom. The third-order valence-corrected chi connectivity index (χ3v) is 3.07. The fourth-order valence-electron chi connectivity index (χ4n) is 1.91. The Morgan fingerprint density at radius 2 is 1.69 bits per heavy atom. The summed E-state index contributed by atoms with van der Waals surface area (Å²) in [4.78, 5) is 0. The SMILES string of the molecule is CCCC(C)C(C)C(C)C=C(C)C. The minimum absolute atomic E-state index is 0.728. The number of hydrogen-bond donors (Lipinski definition) is 0. The van der Waals surface area contributed by atoms with E-state index >= 15 is 0 Å². The molecule has 0 nitrogen and oxygen atoms in total. The summed E-state index contributed by atoms with van der Waals surface area (Å²) in [6.45, 7) is 13.7. The zero-order valence-corrected chi connectivity index (χ0v) is 10.2. The quantitative estimate of drug-likeness (QED) is 0.542. The van der Waals surface area contributed by atoms with Crippen molar-refractivity contribution in [2.45, 2.75) is 54.4 Å². The first-order valence-electron chi connectivity index (χ1n) is 5.64. The maximum atomic E-state index is 2.40. The van der Waals surface area contributed by atoms with Crippen LogP contribution in [0.2, 0.25) is 0 Å². The number of rotatable bonds is 5. The lowest BCUT2D eigenvalue weighted by Crippen LogP contribution is -2.15. The van der Waals surface area contributed by atoms with E-state index in [1.165, 1.54) is 18.4 Å². The molecular weight excluding hydrogens is 156 g/mol. The molecule has 0 aromatic rings. The Labute approximate surface area is 84.4 Å². The first-order valence-corrected chi connectivity index (χ1v) is 5.64. The van der Waals surface area contributed by atoms with Gasteiger partial charge in [-0.3, -0.25) is 0 Å². The molecule has 0 saturated heterocycles. The van der Waals surface area contributed by atoms with E-state index in [2.05, 4.69) is 47.6 Å². The Balaban J connectivity index is 4.08. The lowest BCUT2D eigenvalue weighted by molar-refractivity contribution is 0.301. The molecule has 0 aliphatic heterocycles. The molecule has 0 aromatic carbocycles. The topological polar surface area (TPSA) is 0 Å². The third kappa shape index (κ3) is 5.13. The van der Waals surface area contributed by atoms with E-state index < -0.39 is 0 Å². The zero-order chi connectivity index (χ0) is 10.4. The highest BCUT2D eigenvalue weighted by Crippen LogP contribution is 2.25. The molecule has 3 atom stereocenters. The van der Waals surface area contributed by atoms with E-state index in [1.807, 2.05) is 0 Å². The van der Waals surface area contributed by atoms with E-state index in [1.54, 1.807) is 0 Å². The van der Waals surface area contributed by atoms with Crippen molar-refractivity contribution in [3.63, 3.8) is 0 Å². The van der Waals surface area contributed by atoms with E-state index in [0.717, 1.165) is 17.8 Å². The van der Waals surface area contributed by atoms with Crippen LogP contribution in [0.1, 0.15) is 54.4 Å². The van der Waals surface area contributed by atoms with Gasteiger partial charge in [0.05, 0.1) is 0 Å². The molecule has 0 aromatic heterocycles. The molecule has 13 heavy (non-hydrogen) atoms. The maximum Gasteiger partial charge on any atom is -0.0231 e. The van der Waals surface area contributed by atoms with Gasteiger partial charge in [-0.05, 0) is 31.6 Å². The van der Waals surface area contributed by atoms with Gasteiger partial charge in [0.25, 0.3) is 0 Å². The van der Waals surface area contributed by atoms with Crippen molar-refractivity contribution in [3.8, 4) is 0 Å². The van der Waals surface area contributed by atoms with Crippen molar-refractivity contribution in [1.29, 1.82) is 0 Å². The second-order valence-corrected chi connectivity index (χ2v) is 4.73. The van der Waals surface area contributed by atoms with Crippen molar-refractivity contribution in [1.82, 2.24) is 0 Å². The first kappa shape index (κ1) is 12.7. The van der Waals surface area contributed by atoms with Crippen LogP contribution < -0.4 is 0 Å². The first-order chi connectivity index (χ1) is 5.99. The van der Waals surface area contributed by atoms with Crippen molar-refractivity contribution < 1.29 is 0 Å². The van der Waals surface area contributed by atoms with Gasteiger partial charge in [-0.25, -0.2) is 0 Å². The van der Waals surface area contributed by atoms with Crippen LogP contribution in [-0.4, -0.2) is 0 Å².